The average Bonchev–Trinajstić information content (AvgIpc) is 3.10. The van der Waals surface area contributed by atoms with E-state index in [4.69, 9.17) is 18.9 Å². The Bertz CT molecular complexity index is 822. The lowest BCUT2D eigenvalue weighted by Crippen LogP contribution is -2.49. The van der Waals surface area contributed by atoms with Crippen LogP contribution < -0.4 is 5.32 Å². The minimum atomic E-state index is -3.74. The van der Waals surface area contributed by atoms with Gasteiger partial charge < -0.3 is 29.4 Å². The van der Waals surface area contributed by atoms with E-state index in [2.05, 4.69) is 5.32 Å². The van der Waals surface area contributed by atoms with Crippen molar-refractivity contribution in [3.63, 3.8) is 0 Å². The summed E-state index contributed by atoms with van der Waals surface area (Å²) in [5, 5.41) is 12.6. The summed E-state index contributed by atoms with van der Waals surface area (Å²) in [5.74, 6) is -2.41. The van der Waals surface area contributed by atoms with Gasteiger partial charge in [0.2, 0.25) is 0 Å². The molecule has 1 unspecified atom stereocenters. The number of nitrogens with one attached hydrogen (secondary N) is 1. The highest BCUT2D eigenvalue weighted by Crippen LogP contribution is 2.39. The number of amides is 1. The zero-order chi connectivity index (χ0) is 20.7. The molecule has 2 saturated heterocycles. The maximum absolute atomic E-state index is 12.4. The normalized spacial score (nSPS) is 30.0. The molecule has 156 valence electrons. The van der Waals surface area contributed by atoms with Crippen molar-refractivity contribution in [1.29, 1.82) is 0 Å². The molecule has 1 amide bonds. The van der Waals surface area contributed by atoms with E-state index in [9.17, 15) is 18.3 Å². The Morgan fingerprint density at radius 1 is 1.29 bits per heavy atom. The summed E-state index contributed by atoms with van der Waals surface area (Å²) >= 11 is 0. The summed E-state index contributed by atoms with van der Waals surface area (Å²) in [7, 11) is -2.34. The van der Waals surface area contributed by atoms with Crippen molar-refractivity contribution in [2.75, 3.05) is 13.0 Å². The average molecular weight is 415 g/mol. The Morgan fingerprint density at radius 2 is 1.93 bits per heavy atom. The Labute approximate surface area is 163 Å². The standard InChI is InChI=1S/C18H25NO8S/c1-10-5-7-11(8-6-10)28(22,23)9-19-16(21)12(20)13-14(24-4)15-17(25-13)27-18(2,3)26-15/h5-8,12-15,17,20H,9H2,1-4H3,(H,19,21)/t12?,13-,14+,15-,17-/m1/s1. The monoisotopic (exact) mass is 415 g/mol. The van der Waals surface area contributed by atoms with E-state index in [1.54, 1.807) is 26.0 Å². The van der Waals surface area contributed by atoms with Gasteiger partial charge in [0.15, 0.2) is 28.0 Å². The number of rotatable bonds is 6. The number of ether oxygens (including phenoxy) is 4. The first-order chi connectivity index (χ1) is 13.0. The number of carbonyl (C=O) groups excluding carboxylic acids is 1. The molecule has 3 rings (SSSR count). The SMILES string of the molecule is CO[C@@H]1[C@H]2OC(C)(C)O[C@H]2O[C@@H]1C(O)C(=O)NCS(=O)(=O)c1ccc(C)cc1. The molecule has 0 saturated carbocycles. The second-order valence-electron chi connectivity index (χ2n) is 7.33. The van der Waals surface area contributed by atoms with Crippen LogP contribution in [0.2, 0.25) is 0 Å². The largest absolute Gasteiger partial charge is 0.380 e. The van der Waals surface area contributed by atoms with E-state index in [0.717, 1.165) is 5.56 Å². The first-order valence-electron chi connectivity index (χ1n) is 8.83. The molecule has 2 aliphatic rings. The van der Waals surface area contributed by atoms with E-state index in [1.165, 1.54) is 19.2 Å². The lowest BCUT2D eigenvalue weighted by atomic mass is 10.1. The van der Waals surface area contributed by atoms with Gasteiger partial charge in [-0.1, -0.05) is 17.7 Å². The van der Waals surface area contributed by atoms with Crippen molar-refractivity contribution < 1.29 is 37.3 Å². The van der Waals surface area contributed by atoms with E-state index >= 15 is 0 Å². The van der Waals surface area contributed by atoms with Crippen LogP contribution in [0.1, 0.15) is 19.4 Å². The molecule has 0 radical (unpaired) electrons. The summed E-state index contributed by atoms with van der Waals surface area (Å²) in [4.78, 5) is 12.4. The lowest BCUT2D eigenvalue weighted by Gasteiger charge is -2.27. The summed E-state index contributed by atoms with van der Waals surface area (Å²) < 4.78 is 46.9. The molecule has 5 atom stereocenters. The predicted octanol–water partition coefficient (Wildman–Crippen LogP) is 0.0947. The fraction of sp³-hybridized carbons (Fsp3) is 0.611. The molecule has 0 spiro atoms. The van der Waals surface area contributed by atoms with Gasteiger partial charge in [0.1, 0.15) is 24.2 Å². The molecular weight excluding hydrogens is 390 g/mol. The summed E-state index contributed by atoms with van der Waals surface area (Å²) in [6.45, 7) is 5.28. The number of carbonyl (C=O) groups is 1. The zero-order valence-electron chi connectivity index (χ0n) is 16.1. The van der Waals surface area contributed by atoms with E-state index < -0.39 is 58.1 Å². The van der Waals surface area contributed by atoms with Crippen LogP contribution in [0.15, 0.2) is 29.2 Å². The Hall–Kier alpha value is -1.56. The number of aliphatic hydroxyl groups is 1. The van der Waals surface area contributed by atoms with Crippen LogP contribution in [-0.4, -0.2) is 68.9 Å². The predicted molar refractivity (Wildman–Crippen MR) is 96.9 cm³/mol. The fourth-order valence-electron chi connectivity index (χ4n) is 3.28. The number of methoxy groups -OCH3 is 1. The van der Waals surface area contributed by atoms with Crippen molar-refractivity contribution in [3.05, 3.63) is 29.8 Å². The Morgan fingerprint density at radius 3 is 2.54 bits per heavy atom. The van der Waals surface area contributed by atoms with Gasteiger partial charge >= 0.3 is 0 Å². The van der Waals surface area contributed by atoms with Gasteiger partial charge in [0, 0.05) is 7.11 Å². The number of hydrogen-bond donors (Lipinski definition) is 2. The second-order valence-corrected chi connectivity index (χ2v) is 9.32. The van der Waals surface area contributed by atoms with Crippen LogP contribution in [0.4, 0.5) is 0 Å². The molecule has 28 heavy (non-hydrogen) atoms. The maximum atomic E-state index is 12.4. The highest BCUT2D eigenvalue weighted by atomic mass is 32.2. The number of aryl methyl sites for hydroxylation is 1. The van der Waals surface area contributed by atoms with E-state index in [1.807, 2.05) is 6.92 Å². The van der Waals surface area contributed by atoms with Gasteiger partial charge in [0.25, 0.3) is 5.91 Å². The number of sulfone groups is 1. The zero-order valence-corrected chi connectivity index (χ0v) is 16.9. The quantitative estimate of drug-likeness (QED) is 0.671. The fourth-order valence-corrected chi connectivity index (χ4v) is 4.33. The molecular formula is C18H25NO8S. The highest BCUT2D eigenvalue weighted by molar-refractivity contribution is 7.91. The molecule has 2 heterocycles. The van der Waals surface area contributed by atoms with E-state index in [0.29, 0.717) is 0 Å². The van der Waals surface area contributed by atoms with Crippen molar-refractivity contribution in [3.8, 4) is 0 Å². The number of fused-ring (bicyclic) bond motifs is 1. The molecule has 1 aromatic rings. The molecule has 10 heteroatoms. The third kappa shape index (κ3) is 4.22. The molecule has 9 nitrogen and oxygen atoms in total. The van der Waals surface area contributed by atoms with Gasteiger partial charge in [-0.15, -0.1) is 0 Å². The van der Waals surface area contributed by atoms with Crippen molar-refractivity contribution in [2.24, 2.45) is 0 Å². The van der Waals surface area contributed by atoms with Crippen molar-refractivity contribution >= 4 is 15.7 Å². The highest BCUT2D eigenvalue weighted by Gasteiger charge is 2.57. The summed E-state index contributed by atoms with van der Waals surface area (Å²) in [6.07, 6.45) is -4.86. The third-order valence-corrected chi connectivity index (χ3v) is 6.21. The van der Waals surface area contributed by atoms with E-state index in [-0.39, 0.29) is 4.90 Å². The van der Waals surface area contributed by atoms with Crippen LogP contribution >= 0.6 is 0 Å². The van der Waals surface area contributed by atoms with Crippen molar-refractivity contribution in [1.82, 2.24) is 5.32 Å². The van der Waals surface area contributed by atoms with Gasteiger partial charge in [-0.2, -0.15) is 0 Å². The Balaban J connectivity index is 1.62. The summed E-state index contributed by atoms with van der Waals surface area (Å²) in [5.41, 5.74) is 0.917. The summed E-state index contributed by atoms with van der Waals surface area (Å²) in [6, 6.07) is 6.26. The molecule has 1 aromatic carbocycles. The first-order valence-corrected chi connectivity index (χ1v) is 10.5. The minimum Gasteiger partial charge on any atom is -0.380 e. The van der Waals surface area contributed by atoms with Crippen LogP contribution in [0.25, 0.3) is 0 Å². The molecule has 0 aromatic heterocycles. The van der Waals surface area contributed by atoms with Gasteiger partial charge in [-0.3, -0.25) is 4.79 Å². The molecule has 2 N–H and O–H groups in total. The lowest BCUT2D eigenvalue weighted by molar-refractivity contribution is -0.226. The third-order valence-electron chi connectivity index (χ3n) is 4.70. The number of aliphatic hydroxyl groups excluding tert-OH is 1. The van der Waals surface area contributed by atoms with Crippen LogP contribution in [0, 0.1) is 6.92 Å². The molecule has 0 aliphatic carbocycles. The van der Waals surface area contributed by atoms with Crippen LogP contribution in [0.5, 0.6) is 0 Å². The second kappa shape index (κ2) is 7.69. The maximum Gasteiger partial charge on any atom is 0.252 e. The van der Waals surface area contributed by atoms with Crippen LogP contribution in [0.3, 0.4) is 0 Å². The Kier molecular flexibility index (Phi) is 5.81. The minimum absolute atomic E-state index is 0.0818. The number of hydrogen-bond acceptors (Lipinski definition) is 8. The van der Waals surface area contributed by atoms with Gasteiger partial charge in [0.05, 0.1) is 4.90 Å². The van der Waals surface area contributed by atoms with Crippen molar-refractivity contribution in [2.45, 2.75) is 62.2 Å². The smallest absolute Gasteiger partial charge is 0.252 e. The first kappa shape index (κ1) is 21.2. The molecule has 0 bridgehead atoms. The number of benzene rings is 1. The van der Waals surface area contributed by atoms with Gasteiger partial charge in [-0.05, 0) is 32.9 Å². The topological polar surface area (TPSA) is 120 Å². The molecule has 2 fully saturated rings. The molecule has 2 aliphatic heterocycles. The van der Waals surface area contributed by atoms with Crippen LogP contribution in [-0.2, 0) is 33.6 Å². The van der Waals surface area contributed by atoms with Gasteiger partial charge in [-0.25, -0.2) is 8.42 Å².